The summed E-state index contributed by atoms with van der Waals surface area (Å²) >= 11 is 0. The lowest BCUT2D eigenvalue weighted by molar-refractivity contribution is 0.0697. The smallest absolute Gasteiger partial charge is 0.335 e. The minimum Gasteiger partial charge on any atom is -0.478 e. The van der Waals surface area contributed by atoms with Gasteiger partial charge >= 0.3 is 5.97 Å². The Bertz CT molecular complexity index is 663. The number of carbonyl (C=O) groups is 1. The van der Waals surface area contributed by atoms with Crippen molar-refractivity contribution in [2.75, 3.05) is 0 Å². The summed E-state index contributed by atoms with van der Waals surface area (Å²) in [6.07, 6.45) is 12.9. The lowest BCUT2D eigenvalue weighted by Crippen LogP contribution is -2.00. The molecule has 1 aromatic heterocycles. The zero-order valence-electron chi connectivity index (χ0n) is 15.7. The number of fused-ring (bicyclic) bond motifs is 1. The second kappa shape index (κ2) is 10.2. The number of aromatic amines is 1. The molecule has 0 saturated carbocycles. The number of benzene rings is 1. The van der Waals surface area contributed by atoms with Crippen LogP contribution in [0.1, 0.15) is 100 Å². The number of nitrogens with zero attached hydrogens (tertiary/aromatic N) is 1. The number of unbranched alkanes of at least 4 members (excludes halogenated alkanes) is 7. The zero-order chi connectivity index (χ0) is 18.1. The van der Waals surface area contributed by atoms with Crippen molar-refractivity contribution < 1.29 is 9.90 Å². The average molecular weight is 344 g/mol. The molecule has 0 bridgehead atoms. The van der Waals surface area contributed by atoms with Crippen molar-refractivity contribution in [2.24, 2.45) is 0 Å². The molecule has 0 aliphatic rings. The van der Waals surface area contributed by atoms with E-state index in [0.717, 1.165) is 29.7 Å². The maximum absolute atomic E-state index is 11.1. The highest BCUT2D eigenvalue weighted by Crippen LogP contribution is 2.26. The first-order chi connectivity index (χ1) is 12.2. The molecular weight excluding hydrogens is 312 g/mol. The molecule has 4 nitrogen and oxygen atoms in total. The maximum atomic E-state index is 11.1. The van der Waals surface area contributed by atoms with Crippen LogP contribution in [-0.4, -0.2) is 21.0 Å². The second-order valence-electron chi connectivity index (χ2n) is 7.03. The summed E-state index contributed by atoms with van der Waals surface area (Å²) in [7, 11) is 0. The highest BCUT2D eigenvalue weighted by atomic mass is 16.4. The predicted molar refractivity (Wildman–Crippen MR) is 103 cm³/mol. The molecule has 2 rings (SSSR count). The van der Waals surface area contributed by atoms with Crippen molar-refractivity contribution in [3.8, 4) is 0 Å². The van der Waals surface area contributed by atoms with E-state index in [4.69, 9.17) is 5.11 Å². The Balaban J connectivity index is 1.83. The van der Waals surface area contributed by atoms with E-state index >= 15 is 0 Å². The molecule has 1 atom stereocenters. The largest absolute Gasteiger partial charge is 0.478 e. The summed E-state index contributed by atoms with van der Waals surface area (Å²) < 4.78 is 0. The lowest BCUT2D eigenvalue weighted by atomic mass is 9.97. The zero-order valence-corrected chi connectivity index (χ0v) is 15.7. The summed E-state index contributed by atoms with van der Waals surface area (Å²) in [5, 5.41) is 9.11. The number of H-pyrrole nitrogens is 1. The Hall–Kier alpha value is -1.84. The number of carboxylic acids is 1. The first kappa shape index (κ1) is 19.5. The number of aromatic carboxylic acids is 1. The number of nitrogens with one attached hydrogen (secondary N) is 1. The molecule has 2 aromatic rings. The fraction of sp³-hybridized carbons (Fsp3) is 0.619. The van der Waals surface area contributed by atoms with Gasteiger partial charge in [-0.25, -0.2) is 9.78 Å². The van der Waals surface area contributed by atoms with E-state index in [0.29, 0.717) is 11.5 Å². The summed E-state index contributed by atoms with van der Waals surface area (Å²) in [5.41, 5.74) is 1.98. The van der Waals surface area contributed by atoms with Crippen molar-refractivity contribution in [1.82, 2.24) is 9.97 Å². The van der Waals surface area contributed by atoms with Gasteiger partial charge in [0.2, 0.25) is 0 Å². The number of imidazole rings is 1. The Morgan fingerprint density at radius 3 is 2.40 bits per heavy atom. The first-order valence-electron chi connectivity index (χ1n) is 9.88. The van der Waals surface area contributed by atoms with Gasteiger partial charge in [0.1, 0.15) is 5.82 Å². The van der Waals surface area contributed by atoms with Crippen LogP contribution in [0.5, 0.6) is 0 Å². The van der Waals surface area contributed by atoms with Crippen molar-refractivity contribution in [1.29, 1.82) is 0 Å². The van der Waals surface area contributed by atoms with E-state index in [-0.39, 0.29) is 0 Å². The van der Waals surface area contributed by atoms with Crippen molar-refractivity contribution in [3.05, 3.63) is 29.6 Å². The Kier molecular flexibility index (Phi) is 7.96. The maximum Gasteiger partial charge on any atom is 0.335 e. The number of carboxylic acid groups (broad SMARTS) is 1. The molecule has 0 spiro atoms. The Morgan fingerprint density at radius 2 is 1.76 bits per heavy atom. The SMILES string of the molecule is CCCCCCCCCCC(CC)c1nc2ccc(C(=O)O)cc2[nH]1. The van der Waals surface area contributed by atoms with E-state index < -0.39 is 5.97 Å². The van der Waals surface area contributed by atoms with Crippen LogP contribution in [0.25, 0.3) is 11.0 Å². The van der Waals surface area contributed by atoms with E-state index in [2.05, 4.69) is 23.8 Å². The van der Waals surface area contributed by atoms with Crippen LogP contribution in [0.4, 0.5) is 0 Å². The highest BCUT2D eigenvalue weighted by molar-refractivity contribution is 5.92. The molecule has 0 saturated heterocycles. The van der Waals surface area contributed by atoms with E-state index in [1.165, 1.54) is 51.4 Å². The number of aromatic nitrogens is 2. The fourth-order valence-electron chi connectivity index (χ4n) is 3.41. The summed E-state index contributed by atoms with van der Waals surface area (Å²) in [6, 6.07) is 5.09. The average Bonchev–Trinajstić information content (AvgIpc) is 3.03. The first-order valence-corrected chi connectivity index (χ1v) is 9.88. The molecule has 2 N–H and O–H groups in total. The summed E-state index contributed by atoms with van der Waals surface area (Å²) in [6.45, 7) is 4.46. The molecule has 25 heavy (non-hydrogen) atoms. The minimum atomic E-state index is -0.899. The number of hydrogen-bond acceptors (Lipinski definition) is 2. The molecule has 0 aliphatic carbocycles. The van der Waals surface area contributed by atoms with Crippen LogP contribution in [0, 0.1) is 0 Å². The highest BCUT2D eigenvalue weighted by Gasteiger charge is 2.15. The molecule has 0 fully saturated rings. The van der Waals surface area contributed by atoms with Gasteiger partial charge in [-0.15, -0.1) is 0 Å². The van der Waals surface area contributed by atoms with Gasteiger partial charge in [-0.1, -0.05) is 65.2 Å². The van der Waals surface area contributed by atoms with Crippen molar-refractivity contribution >= 4 is 17.0 Å². The number of hydrogen-bond donors (Lipinski definition) is 2. The van der Waals surface area contributed by atoms with Crippen LogP contribution in [0.15, 0.2) is 18.2 Å². The quantitative estimate of drug-likeness (QED) is 0.445. The third-order valence-electron chi connectivity index (χ3n) is 5.03. The standard InChI is InChI=1S/C21H32N2O2/c1-3-5-6-7-8-9-10-11-12-16(4-2)20-22-18-14-13-17(21(24)25)15-19(18)23-20/h13-16H,3-12H2,1-2H3,(H,22,23)(H,24,25). The Morgan fingerprint density at radius 1 is 1.08 bits per heavy atom. The van der Waals surface area contributed by atoms with Gasteiger partial charge in [0.25, 0.3) is 0 Å². The lowest BCUT2D eigenvalue weighted by Gasteiger charge is -2.11. The third-order valence-corrected chi connectivity index (χ3v) is 5.03. The van der Waals surface area contributed by atoms with Gasteiger partial charge < -0.3 is 10.1 Å². The molecular formula is C21H32N2O2. The van der Waals surface area contributed by atoms with Gasteiger partial charge in [0.05, 0.1) is 16.6 Å². The van der Waals surface area contributed by atoms with Crippen LogP contribution >= 0.6 is 0 Å². The molecule has 1 aromatic carbocycles. The van der Waals surface area contributed by atoms with E-state index in [1.54, 1.807) is 18.2 Å². The molecule has 0 aliphatic heterocycles. The van der Waals surface area contributed by atoms with E-state index in [9.17, 15) is 4.79 Å². The molecule has 138 valence electrons. The number of rotatable bonds is 12. The van der Waals surface area contributed by atoms with Gasteiger partial charge in [-0.3, -0.25) is 0 Å². The molecule has 0 radical (unpaired) electrons. The molecule has 0 amide bonds. The van der Waals surface area contributed by atoms with Crippen LogP contribution in [0.3, 0.4) is 0 Å². The van der Waals surface area contributed by atoms with Gasteiger partial charge in [0, 0.05) is 5.92 Å². The van der Waals surface area contributed by atoms with Crippen molar-refractivity contribution in [3.63, 3.8) is 0 Å². The topological polar surface area (TPSA) is 66.0 Å². The third kappa shape index (κ3) is 5.87. The Labute approximate surface area is 151 Å². The van der Waals surface area contributed by atoms with Crippen LogP contribution < -0.4 is 0 Å². The molecule has 1 heterocycles. The second-order valence-corrected chi connectivity index (χ2v) is 7.03. The minimum absolute atomic E-state index is 0.304. The van der Waals surface area contributed by atoms with Crippen LogP contribution in [0.2, 0.25) is 0 Å². The molecule has 4 heteroatoms. The predicted octanol–water partition coefficient (Wildman–Crippen LogP) is 6.29. The van der Waals surface area contributed by atoms with Crippen LogP contribution in [-0.2, 0) is 0 Å². The van der Waals surface area contributed by atoms with E-state index in [1.807, 2.05) is 0 Å². The summed E-state index contributed by atoms with van der Waals surface area (Å²) in [5.74, 6) is 0.535. The molecule has 1 unspecified atom stereocenters. The van der Waals surface area contributed by atoms with Gasteiger partial charge in [-0.05, 0) is 31.0 Å². The van der Waals surface area contributed by atoms with Crippen molar-refractivity contribution in [2.45, 2.75) is 84.0 Å². The fourth-order valence-corrected chi connectivity index (χ4v) is 3.41. The summed E-state index contributed by atoms with van der Waals surface area (Å²) in [4.78, 5) is 19.1. The van der Waals surface area contributed by atoms with Gasteiger partial charge in [-0.2, -0.15) is 0 Å². The monoisotopic (exact) mass is 344 g/mol. The normalized spacial score (nSPS) is 12.6. The van der Waals surface area contributed by atoms with Gasteiger partial charge in [0.15, 0.2) is 0 Å².